The molecule has 0 fully saturated rings. The molecule has 0 aromatic carbocycles. The molecule has 0 radical (unpaired) electrons. The van der Waals surface area contributed by atoms with Crippen molar-refractivity contribution in [3.8, 4) is 0 Å². The summed E-state index contributed by atoms with van der Waals surface area (Å²) in [6.45, 7) is 4.47. The fourth-order valence-corrected chi connectivity index (χ4v) is 1.78. The fourth-order valence-electron chi connectivity index (χ4n) is 1.78. The smallest absolute Gasteiger partial charge is 0.0634 e. The molecule has 0 aromatic heterocycles. The highest BCUT2D eigenvalue weighted by Gasteiger charge is 2.19. The number of methoxy groups -OCH3 is 1. The van der Waals surface area contributed by atoms with Crippen LogP contribution in [0.3, 0.4) is 0 Å². The van der Waals surface area contributed by atoms with Crippen LogP contribution in [0.15, 0.2) is 11.6 Å². The van der Waals surface area contributed by atoms with Crippen molar-refractivity contribution in [3.63, 3.8) is 0 Å². The molecule has 0 bridgehead atoms. The molecule has 64 valence electrons. The Morgan fingerprint density at radius 3 is 2.82 bits per heavy atom. The fraction of sp³-hybridized carbons (Fsp3) is 0.800. The molecule has 0 heterocycles. The summed E-state index contributed by atoms with van der Waals surface area (Å²) in [6, 6.07) is 0. The molecule has 0 amide bonds. The molecule has 0 saturated carbocycles. The van der Waals surface area contributed by atoms with Gasteiger partial charge >= 0.3 is 0 Å². The summed E-state index contributed by atoms with van der Waals surface area (Å²) in [6.07, 6.45) is 6.49. The summed E-state index contributed by atoms with van der Waals surface area (Å²) in [4.78, 5) is 0. The minimum atomic E-state index is 0.463. The van der Waals surface area contributed by atoms with Crippen molar-refractivity contribution in [2.45, 2.75) is 39.2 Å². The third-order valence-electron chi connectivity index (χ3n) is 2.59. The van der Waals surface area contributed by atoms with Crippen LogP contribution in [0.2, 0.25) is 0 Å². The van der Waals surface area contributed by atoms with Crippen molar-refractivity contribution in [1.82, 2.24) is 0 Å². The van der Waals surface area contributed by atoms with Crippen LogP contribution < -0.4 is 0 Å². The molecule has 1 aliphatic carbocycles. The Hall–Kier alpha value is -0.300. The average Bonchev–Trinajstić information content (AvgIpc) is 2.04. The molecule has 1 heteroatoms. The van der Waals surface area contributed by atoms with Crippen LogP contribution in [0.4, 0.5) is 0 Å². The third kappa shape index (κ3) is 2.06. The maximum absolute atomic E-state index is 5.35. The number of ether oxygens (including phenoxy) is 1. The molecule has 1 rings (SSSR count). The predicted molar refractivity (Wildman–Crippen MR) is 47.6 cm³/mol. The SMILES string of the molecule is CCC1=C[C@H](C)C(OC)CC1. The second-order valence-electron chi connectivity index (χ2n) is 3.35. The van der Waals surface area contributed by atoms with Crippen molar-refractivity contribution in [2.75, 3.05) is 7.11 Å². The standard InChI is InChI=1S/C10H18O/c1-4-9-5-6-10(11-3)8(2)7-9/h7-8,10H,4-6H2,1-3H3/t8-,10?/m0/s1. The molecule has 1 aliphatic rings. The first kappa shape index (κ1) is 8.79. The maximum Gasteiger partial charge on any atom is 0.0634 e. The predicted octanol–water partition coefficient (Wildman–Crippen LogP) is 2.77. The van der Waals surface area contributed by atoms with Gasteiger partial charge in [0.05, 0.1) is 6.10 Å². The van der Waals surface area contributed by atoms with E-state index in [0.29, 0.717) is 12.0 Å². The van der Waals surface area contributed by atoms with Gasteiger partial charge in [0.25, 0.3) is 0 Å². The van der Waals surface area contributed by atoms with E-state index in [4.69, 9.17) is 4.74 Å². The second-order valence-corrected chi connectivity index (χ2v) is 3.35. The van der Waals surface area contributed by atoms with Gasteiger partial charge in [0.15, 0.2) is 0 Å². The number of hydrogen-bond donors (Lipinski definition) is 0. The van der Waals surface area contributed by atoms with Gasteiger partial charge in [0.2, 0.25) is 0 Å². The van der Waals surface area contributed by atoms with Crippen molar-refractivity contribution < 1.29 is 4.74 Å². The van der Waals surface area contributed by atoms with E-state index >= 15 is 0 Å². The van der Waals surface area contributed by atoms with Gasteiger partial charge in [-0.25, -0.2) is 0 Å². The summed E-state index contributed by atoms with van der Waals surface area (Å²) in [7, 11) is 1.81. The Morgan fingerprint density at radius 2 is 2.36 bits per heavy atom. The van der Waals surface area contributed by atoms with Gasteiger partial charge in [0, 0.05) is 13.0 Å². The molecule has 1 nitrogen and oxygen atoms in total. The summed E-state index contributed by atoms with van der Waals surface area (Å²) < 4.78 is 5.35. The van der Waals surface area contributed by atoms with E-state index in [-0.39, 0.29) is 0 Å². The normalized spacial score (nSPS) is 31.7. The van der Waals surface area contributed by atoms with Gasteiger partial charge in [0.1, 0.15) is 0 Å². The molecule has 0 saturated heterocycles. The number of rotatable bonds is 2. The zero-order chi connectivity index (χ0) is 8.27. The minimum absolute atomic E-state index is 0.463. The van der Waals surface area contributed by atoms with E-state index in [1.165, 1.54) is 19.3 Å². The van der Waals surface area contributed by atoms with Crippen LogP contribution in [0.5, 0.6) is 0 Å². The van der Waals surface area contributed by atoms with E-state index in [1.807, 2.05) is 7.11 Å². The Bertz CT molecular complexity index is 149. The van der Waals surface area contributed by atoms with Gasteiger partial charge in [-0.2, -0.15) is 0 Å². The highest BCUT2D eigenvalue weighted by molar-refractivity contribution is 5.08. The molecule has 0 aromatic rings. The summed E-state index contributed by atoms with van der Waals surface area (Å²) >= 11 is 0. The third-order valence-corrected chi connectivity index (χ3v) is 2.59. The second kappa shape index (κ2) is 3.91. The Morgan fingerprint density at radius 1 is 1.64 bits per heavy atom. The van der Waals surface area contributed by atoms with Crippen molar-refractivity contribution in [1.29, 1.82) is 0 Å². The molecule has 0 aliphatic heterocycles. The highest BCUT2D eigenvalue weighted by Crippen LogP contribution is 2.26. The van der Waals surface area contributed by atoms with Crippen molar-refractivity contribution in [3.05, 3.63) is 11.6 Å². The van der Waals surface area contributed by atoms with E-state index in [9.17, 15) is 0 Å². The number of hydrogen-bond acceptors (Lipinski definition) is 1. The van der Waals surface area contributed by atoms with Crippen LogP contribution in [-0.4, -0.2) is 13.2 Å². The van der Waals surface area contributed by atoms with Crippen molar-refractivity contribution >= 4 is 0 Å². The Kier molecular flexibility index (Phi) is 3.13. The van der Waals surface area contributed by atoms with Gasteiger partial charge in [-0.05, 0) is 19.3 Å². The molecule has 0 spiro atoms. The first-order valence-corrected chi connectivity index (χ1v) is 4.50. The number of allylic oxidation sites excluding steroid dienone is 1. The van der Waals surface area contributed by atoms with Gasteiger partial charge in [-0.15, -0.1) is 0 Å². The van der Waals surface area contributed by atoms with E-state index in [0.717, 1.165) is 0 Å². The molecule has 0 N–H and O–H groups in total. The zero-order valence-electron chi connectivity index (χ0n) is 7.76. The Labute approximate surface area is 69.4 Å². The lowest BCUT2D eigenvalue weighted by atomic mass is 9.88. The van der Waals surface area contributed by atoms with E-state index in [1.54, 1.807) is 5.57 Å². The monoisotopic (exact) mass is 154 g/mol. The molecule has 11 heavy (non-hydrogen) atoms. The van der Waals surface area contributed by atoms with Crippen LogP contribution in [0.1, 0.15) is 33.1 Å². The van der Waals surface area contributed by atoms with Crippen molar-refractivity contribution in [2.24, 2.45) is 5.92 Å². The van der Waals surface area contributed by atoms with E-state index in [2.05, 4.69) is 19.9 Å². The zero-order valence-corrected chi connectivity index (χ0v) is 7.76. The highest BCUT2D eigenvalue weighted by atomic mass is 16.5. The van der Waals surface area contributed by atoms with Crippen LogP contribution >= 0.6 is 0 Å². The summed E-state index contributed by atoms with van der Waals surface area (Å²) in [5, 5.41) is 0. The van der Waals surface area contributed by atoms with E-state index < -0.39 is 0 Å². The van der Waals surface area contributed by atoms with Gasteiger partial charge in [-0.3, -0.25) is 0 Å². The lowest BCUT2D eigenvalue weighted by molar-refractivity contribution is 0.0623. The lowest BCUT2D eigenvalue weighted by Crippen LogP contribution is -2.22. The van der Waals surface area contributed by atoms with Gasteiger partial charge < -0.3 is 4.74 Å². The van der Waals surface area contributed by atoms with Crippen LogP contribution in [-0.2, 0) is 4.74 Å². The Balaban J connectivity index is 2.54. The maximum atomic E-state index is 5.35. The minimum Gasteiger partial charge on any atom is -0.381 e. The topological polar surface area (TPSA) is 9.23 Å². The summed E-state index contributed by atoms with van der Waals surface area (Å²) in [5.74, 6) is 0.615. The largest absolute Gasteiger partial charge is 0.381 e. The quantitative estimate of drug-likeness (QED) is 0.556. The first-order chi connectivity index (χ1) is 5.27. The van der Waals surface area contributed by atoms with Crippen LogP contribution in [0.25, 0.3) is 0 Å². The van der Waals surface area contributed by atoms with Gasteiger partial charge in [-0.1, -0.05) is 25.5 Å². The summed E-state index contributed by atoms with van der Waals surface area (Å²) in [5.41, 5.74) is 1.60. The molecular formula is C10H18O. The lowest BCUT2D eigenvalue weighted by Gasteiger charge is -2.26. The molecule has 1 unspecified atom stereocenters. The molecule has 2 atom stereocenters. The van der Waals surface area contributed by atoms with Crippen LogP contribution in [0, 0.1) is 5.92 Å². The first-order valence-electron chi connectivity index (χ1n) is 4.50. The average molecular weight is 154 g/mol. The molecular weight excluding hydrogens is 136 g/mol.